The minimum Gasteiger partial charge on any atom is -0.508 e. The molecular weight excluding hydrogens is 601 g/mol. The minimum absolute atomic E-state index is 0.107. The van der Waals surface area contributed by atoms with E-state index in [9.17, 15) is 23.9 Å². The van der Waals surface area contributed by atoms with Gasteiger partial charge in [0, 0.05) is 23.6 Å². The van der Waals surface area contributed by atoms with Gasteiger partial charge in [0.15, 0.2) is 0 Å². The highest BCUT2D eigenvalue weighted by molar-refractivity contribution is 6.30. The Morgan fingerprint density at radius 1 is 0.956 bits per heavy atom. The number of benzene rings is 3. The van der Waals surface area contributed by atoms with Crippen LogP contribution in [0.2, 0.25) is 5.02 Å². The molecule has 2 aliphatic heterocycles. The van der Waals surface area contributed by atoms with Gasteiger partial charge in [-0.25, -0.2) is 4.39 Å². The van der Waals surface area contributed by atoms with Crippen LogP contribution in [0.15, 0.2) is 78.4 Å². The number of amides is 4. The molecule has 45 heavy (non-hydrogen) atoms. The summed E-state index contributed by atoms with van der Waals surface area (Å²) in [7, 11) is 2.95. The van der Waals surface area contributed by atoms with Crippen molar-refractivity contribution in [2.75, 3.05) is 19.6 Å². The third-order valence-corrected chi connectivity index (χ3v) is 10.3. The number of anilines is 1. The number of hydrazine groups is 1. The second kappa shape index (κ2) is 10.4. The maximum atomic E-state index is 15.0. The van der Waals surface area contributed by atoms with Crippen LogP contribution in [0.3, 0.4) is 0 Å². The lowest BCUT2D eigenvalue weighted by atomic mass is 9.49. The zero-order chi connectivity index (χ0) is 31.8. The number of likely N-dealkylation sites (tertiary alicyclic amines) is 1. The topological polar surface area (TPSA) is 116 Å². The highest BCUT2D eigenvalue weighted by Gasteiger charge is 2.70. The molecule has 0 aromatic heterocycles. The zero-order valence-electron chi connectivity index (χ0n) is 24.4. The number of phenols is 1. The van der Waals surface area contributed by atoms with E-state index in [1.165, 1.54) is 44.5 Å². The standard InChI is InChI=1S/C34H29ClFN3O6/c1-38-30(41)23-13-12-22-24(28(23)32(38)43)16-26-31(42)39(37-20-9-7-19(36)8-10-20)33(44)34(26,17-3-5-18(35)6-4-17)29(22)25-15-21(45-2)11-14-27(25)40/h3-12,14-15,23-24,26,28-29,37,40H,13,16H2,1-2H3. The number of allylic oxidation sites excluding steroid dienone is 2. The van der Waals surface area contributed by atoms with Crippen LogP contribution in [-0.4, -0.2) is 52.8 Å². The number of aromatic hydroxyl groups is 1. The van der Waals surface area contributed by atoms with Gasteiger partial charge in [-0.05, 0) is 78.9 Å². The van der Waals surface area contributed by atoms with Crippen LogP contribution >= 0.6 is 11.6 Å². The van der Waals surface area contributed by atoms with Gasteiger partial charge in [-0.3, -0.25) is 29.5 Å². The smallest absolute Gasteiger partial charge is 0.260 e. The van der Waals surface area contributed by atoms with E-state index in [-0.39, 0.29) is 30.4 Å². The molecule has 3 fully saturated rings. The van der Waals surface area contributed by atoms with E-state index in [0.717, 1.165) is 9.91 Å². The Balaban J connectivity index is 1.49. The highest BCUT2D eigenvalue weighted by atomic mass is 35.5. The normalized spacial score (nSPS) is 28.9. The second-order valence-corrected chi connectivity index (χ2v) is 12.5. The Kier molecular flexibility index (Phi) is 6.74. The summed E-state index contributed by atoms with van der Waals surface area (Å²) < 4.78 is 19.2. The molecule has 9 nitrogen and oxygen atoms in total. The maximum Gasteiger partial charge on any atom is 0.260 e. The van der Waals surface area contributed by atoms with Gasteiger partial charge < -0.3 is 9.84 Å². The van der Waals surface area contributed by atoms with Crippen molar-refractivity contribution in [1.82, 2.24) is 9.91 Å². The van der Waals surface area contributed by atoms with Crippen molar-refractivity contribution in [2.45, 2.75) is 24.2 Å². The van der Waals surface area contributed by atoms with E-state index in [0.29, 0.717) is 33.2 Å². The minimum atomic E-state index is -1.59. The molecule has 4 aliphatic rings. The number of rotatable bonds is 5. The predicted molar refractivity (Wildman–Crippen MR) is 161 cm³/mol. The van der Waals surface area contributed by atoms with Crippen LogP contribution in [0.5, 0.6) is 11.5 Å². The van der Waals surface area contributed by atoms with E-state index in [1.807, 2.05) is 6.08 Å². The SMILES string of the molecule is COc1ccc(O)c(C2C3=CCC4C(=O)N(C)C(=O)C4C3CC3C(=O)N(Nc4ccc(F)cc4)C(=O)C32c2ccc(Cl)cc2)c1. The Morgan fingerprint density at radius 3 is 2.36 bits per heavy atom. The maximum absolute atomic E-state index is 15.0. The van der Waals surface area contributed by atoms with Crippen LogP contribution in [-0.2, 0) is 24.6 Å². The van der Waals surface area contributed by atoms with Crippen molar-refractivity contribution >= 4 is 40.9 Å². The zero-order valence-corrected chi connectivity index (χ0v) is 25.1. The number of fused-ring (bicyclic) bond motifs is 4. The van der Waals surface area contributed by atoms with E-state index in [1.54, 1.807) is 36.4 Å². The molecule has 1 saturated carbocycles. The molecule has 0 spiro atoms. The molecule has 2 heterocycles. The summed E-state index contributed by atoms with van der Waals surface area (Å²) >= 11 is 6.29. The fourth-order valence-corrected chi connectivity index (χ4v) is 8.17. The van der Waals surface area contributed by atoms with Gasteiger partial charge in [-0.15, -0.1) is 0 Å². The van der Waals surface area contributed by atoms with Gasteiger partial charge in [0.2, 0.25) is 11.8 Å². The number of hydrogen-bond acceptors (Lipinski definition) is 7. The number of carbonyl (C=O) groups is 4. The first-order valence-electron chi connectivity index (χ1n) is 14.6. The second-order valence-electron chi connectivity index (χ2n) is 12.0. The fourth-order valence-electron chi connectivity index (χ4n) is 8.05. The van der Waals surface area contributed by atoms with E-state index < -0.39 is 52.6 Å². The summed E-state index contributed by atoms with van der Waals surface area (Å²) in [4.78, 5) is 57.3. The largest absolute Gasteiger partial charge is 0.508 e. The number of imide groups is 2. The molecule has 2 saturated heterocycles. The van der Waals surface area contributed by atoms with E-state index in [4.69, 9.17) is 16.3 Å². The van der Waals surface area contributed by atoms with Crippen LogP contribution < -0.4 is 10.2 Å². The van der Waals surface area contributed by atoms with Crippen molar-refractivity contribution in [3.63, 3.8) is 0 Å². The first kappa shape index (κ1) is 29.0. The van der Waals surface area contributed by atoms with Crippen molar-refractivity contribution in [3.05, 3.63) is 100 Å². The van der Waals surface area contributed by atoms with Crippen LogP contribution in [0.1, 0.15) is 29.9 Å². The molecule has 2 aliphatic carbocycles. The lowest BCUT2D eigenvalue weighted by molar-refractivity contribution is -0.140. The molecule has 11 heteroatoms. The average Bonchev–Trinajstić information content (AvgIpc) is 3.39. The van der Waals surface area contributed by atoms with E-state index >= 15 is 4.79 Å². The summed E-state index contributed by atoms with van der Waals surface area (Å²) in [6.45, 7) is 0. The third kappa shape index (κ3) is 4.11. The number of carbonyl (C=O) groups excluding carboxylic acids is 4. The Bertz CT molecular complexity index is 1790. The lowest BCUT2D eigenvalue weighted by Crippen LogP contribution is -2.53. The number of halogens is 2. The summed E-state index contributed by atoms with van der Waals surface area (Å²) in [5, 5.41) is 12.8. The number of nitrogens with zero attached hydrogens (tertiary/aromatic N) is 2. The van der Waals surface area contributed by atoms with Crippen LogP contribution in [0.25, 0.3) is 0 Å². The molecule has 6 unspecified atom stereocenters. The summed E-state index contributed by atoms with van der Waals surface area (Å²) in [6.07, 6.45) is 2.28. The van der Waals surface area contributed by atoms with Gasteiger partial charge in [0.05, 0.1) is 36.0 Å². The quantitative estimate of drug-likeness (QED) is 0.307. The molecule has 0 radical (unpaired) electrons. The van der Waals surface area contributed by atoms with Gasteiger partial charge in [0.1, 0.15) is 17.3 Å². The molecule has 3 aromatic rings. The number of ether oxygens (including phenoxy) is 1. The molecule has 7 rings (SSSR count). The van der Waals surface area contributed by atoms with Gasteiger partial charge in [0.25, 0.3) is 11.8 Å². The first-order valence-corrected chi connectivity index (χ1v) is 15.0. The fraction of sp³-hybridized carbons (Fsp3) is 0.294. The number of methoxy groups -OCH3 is 1. The predicted octanol–water partition coefficient (Wildman–Crippen LogP) is 4.81. The molecular formula is C34H29ClFN3O6. The molecule has 0 bridgehead atoms. The Hall–Kier alpha value is -4.70. The molecule has 3 aromatic carbocycles. The first-order chi connectivity index (χ1) is 21.6. The monoisotopic (exact) mass is 629 g/mol. The molecule has 230 valence electrons. The average molecular weight is 630 g/mol. The van der Waals surface area contributed by atoms with Crippen LogP contribution in [0, 0.1) is 29.5 Å². The third-order valence-electron chi connectivity index (χ3n) is 10.0. The van der Waals surface area contributed by atoms with Gasteiger partial charge in [-0.1, -0.05) is 35.4 Å². The summed E-state index contributed by atoms with van der Waals surface area (Å²) in [5.41, 5.74) is 3.17. The summed E-state index contributed by atoms with van der Waals surface area (Å²) in [5.74, 6) is -5.70. The molecule has 4 amide bonds. The van der Waals surface area contributed by atoms with E-state index in [2.05, 4.69) is 5.43 Å². The van der Waals surface area contributed by atoms with Crippen molar-refractivity contribution < 1.29 is 33.4 Å². The van der Waals surface area contributed by atoms with Crippen molar-refractivity contribution in [2.24, 2.45) is 23.7 Å². The number of hydrogen-bond donors (Lipinski definition) is 2. The van der Waals surface area contributed by atoms with Crippen molar-refractivity contribution in [1.29, 1.82) is 0 Å². The van der Waals surface area contributed by atoms with Gasteiger partial charge in [-0.2, -0.15) is 5.01 Å². The Morgan fingerprint density at radius 2 is 1.67 bits per heavy atom. The molecule has 6 atom stereocenters. The number of nitrogens with one attached hydrogen (secondary N) is 1. The summed E-state index contributed by atoms with van der Waals surface area (Å²) in [6, 6.07) is 16.7. The van der Waals surface area contributed by atoms with Crippen molar-refractivity contribution in [3.8, 4) is 11.5 Å². The lowest BCUT2D eigenvalue weighted by Gasteiger charge is -2.50. The highest BCUT2D eigenvalue weighted by Crippen LogP contribution is 2.65. The molecule has 2 N–H and O–H groups in total. The Labute approximate surface area is 263 Å². The number of phenolic OH excluding ortho intramolecular Hbond substituents is 1. The van der Waals surface area contributed by atoms with Crippen LogP contribution in [0.4, 0.5) is 10.1 Å². The van der Waals surface area contributed by atoms with Gasteiger partial charge >= 0.3 is 0 Å².